The van der Waals surface area contributed by atoms with Crippen LogP contribution in [-0.4, -0.2) is 42.3 Å². The van der Waals surface area contributed by atoms with Crippen molar-refractivity contribution in [2.45, 2.75) is 6.54 Å². The van der Waals surface area contributed by atoms with Gasteiger partial charge < -0.3 is 24.8 Å². The number of amides is 2. The summed E-state index contributed by atoms with van der Waals surface area (Å²) < 4.78 is 10.0. The number of carbonyl (C=O) groups excluding carboxylic acids is 1. The first-order valence-electron chi connectivity index (χ1n) is 6.91. The van der Waals surface area contributed by atoms with Crippen LogP contribution in [0.5, 0.6) is 17.4 Å². The Morgan fingerprint density at radius 1 is 1.26 bits per heavy atom. The molecule has 0 atom stereocenters. The van der Waals surface area contributed by atoms with Crippen molar-refractivity contribution in [2.24, 2.45) is 0 Å². The van der Waals surface area contributed by atoms with Crippen LogP contribution in [0, 0.1) is 0 Å². The van der Waals surface area contributed by atoms with Gasteiger partial charge in [0.15, 0.2) is 11.5 Å². The minimum Gasteiger partial charge on any atom is -0.504 e. The Hall–Kier alpha value is -2.96. The van der Waals surface area contributed by atoms with Crippen molar-refractivity contribution < 1.29 is 19.4 Å². The number of carbonyl (C=O) groups is 1. The summed E-state index contributed by atoms with van der Waals surface area (Å²) >= 11 is 0. The normalized spacial score (nSPS) is 10.0. The lowest BCUT2D eigenvalue weighted by molar-refractivity contribution is 0.220. The highest BCUT2D eigenvalue weighted by Crippen LogP contribution is 2.26. The van der Waals surface area contributed by atoms with Gasteiger partial charge in [0.1, 0.15) is 0 Å². The molecule has 2 N–H and O–H groups in total. The molecule has 7 nitrogen and oxygen atoms in total. The third kappa shape index (κ3) is 4.26. The summed E-state index contributed by atoms with van der Waals surface area (Å²) in [5.41, 5.74) is 1.41. The fourth-order valence-corrected chi connectivity index (χ4v) is 1.96. The van der Waals surface area contributed by atoms with Gasteiger partial charge in [-0.15, -0.1) is 0 Å². The van der Waals surface area contributed by atoms with E-state index in [0.717, 1.165) is 5.56 Å². The van der Waals surface area contributed by atoms with E-state index >= 15 is 0 Å². The van der Waals surface area contributed by atoms with Crippen LogP contribution in [0.15, 0.2) is 36.5 Å². The van der Waals surface area contributed by atoms with Gasteiger partial charge in [-0.2, -0.15) is 0 Å². The van der Waals surface area contributed by atoms with Crippen molar-refractivity contribution in [3.63, 3.8) is 0 Å². The van der Waals surface area contributed by atoms with Gasteiger partial charge in [0.25, 0.3) is 0 Å². The molecule has 0 aliphatic heterocycles. The molecule has 1 aromatic carbocycles. The molecule has 0 bridgehead atoms. The molecule has 2 amide bonds. The predicted molar refractivity (Wildman–Crippen MR) is 85.9 cm³/mol. The van der Waals surface area contributed by atoms with Crippen molar-refractivity contribution in [3.05, 3.63) is 42.1 Å². The molecule has 2 rings (SSSR count). The standard InChI is InChI=1S/C16H19N3O4/c1-19(10-11-4-6-13(20)14(8-11)22-2)16(21)18-12-5-7-15(23-3)17-9-12/h4-9,20H,10H2,1-3H3,(H,18,21). The summed E-state index contributed by atoms with van der Waals surface area (Å²) in [6, 6.07) is 8.06. The smallest absolute Gasteiger partial charge is 0.321 e. The molecule has 23 heavy (non-hydrogen) atoms. The quantitative estimate of drug-likeness (QED) is 0.885. The number of urea groups is 1. The number of phenolic OH excluding ortho intramolecular Hbond substituents is 1. The van der Waals surface area contributed by atoms with Crippen molar-refractivity contribution in [2.75, 3.05) is 26.6 Å². The Bertz CT molecular complexity index is 674. The number of methoxy groups -OCH3 is 2. The first-order chi connectivity index (χ1) is 11.0. The maximum atomic E-state index is 12.2. The number of anilines is 1. The zero-order valence-electron chi connectivity index (χ0n) is 13.2. The second-order valence-electron chi connectivity index (χ2n) is 4.88. The molecular weight excluding hydrogens is 298 g/mol. The first-order valence-corrected chi connectivity index (χ1v) is 6.91. The van der Waals surface area contributed by atoms with E-state index in [1.165, 1.54) is 31.4 Å². The van der Waals surface area contributed by atoms with Crippen molar-refractivity contribution in [3.8, 4) is 17.4 Å². The molecule has 7 heteroatoms. The van der Waals surface area contributed by atoms with Crippen LogP contribution in [-0.2, 0) is 6.54 Å². The van der Waals surface area contributed by atoms with Crippen LogP contribution in [0.1, 0.15) is 5.56 Å². The Labute approximate surface area is 134 Å². The molecule has 0 aliphatic rings. The highest BCUT2D eigenvalue weighted by molar-refractivity contribution is 5.88. The van der Waals surface area contributed by atoms with Gasteiger partial charge in [-0.25, -0.2) is 9.78 Å². The lowest BCUT2D eigenvalue weighted by atomic mass is 10.2. The monoisotopic (exact) mass is 317 g/mol. The second kappa shape index (κ2) is 7.35. The summed E-state index contributed by atoms with van der Waals surface area (Å²) in [4.78, 5) is 17.7. The van der Waals surface area contributed by atoms with E-state index in [-0.39, 0.29) is 11.8 Å². The summed E-state index contributed by atoms with van der Waals surface area (Å²) in [5, 5.41) is 12.3. The fraction of sp³-hybridized carbons (Fsp3) is 0.250. The minimum absolute atomic E-state index is 0.0626. The molecule has 0 fully saturated rings. The molecule has 0 saturated heterocycles. The van der Waals surface area contributed by atoms with Gasteiger partial charge in [-0.1, -0.05) is 6.07 Å². The van der Waals surface area contributed by atoms with Gasteiger partial charge in [0.05, 0.1) is 26.1 Å². The van der Waals surface area contributed by atoms with E-state index in [4.69, 9.17) is 9.47 Å². The van der Waals surface area contributed by atoms with Crippen LogP contribution in [0.3, 0.4) is 0 Å². The Morgan fingerprint density at radius 2 is 2.04 bits per heavy atom. The Morgan fingerprint density at radius 3 is 2.65 bits per heavy atom. The van der Waals surface area contributed by atoms with E-state index in [0.29, 0.717) is 23.9 Å². The number of benzene rings is 1. The highest BCUT2D eigenvalue weighted by atomic mass is 16.5. The number of nitrogens with zero attached hydrogens (tertiary/aromatic N) is 2. The molecular formula is C16H19N3O4. The van der Waals surface area contributed by atoms with E-state index in [2.05, 4.69) is 10.3 Å². The molecule has 1 heterocycles. The summed E-state index contributed by atoms with van der Waals surface area (Å²) in [7, 11) is 4.68. The summed E-state index contributed by atoms with van der Waals surface area (Å²) in [6.07, 6.45) is 1.52. The van der Waals surface area contributed by atoms with Crippen LogP contribution in [0.4, 0.5) is 10.5 Å². The van der Waals surface area contributed by atoms with E-state index in [9.17, 15) is 9.90 Å². The molecule has 0 unspecified atom stereocenters. The first kappa shape index (κ1) is 16.4. The SMILES string of the molecule is COc1ccc(NC(=O)N(C)Cc2ccc(O)c(OC)c2)cn1. The topological polar surface area (TPSA) is 83.9 Å². The third-order valence-electron chi connectivity index (χ3n) is 3.21. The highest BCUT2D eigenvalue weighted by Gasteiger charge is 2.11. The average Bonchev–Trinajstić information content (AvgIpc) is 2.57. The van der Waals surface area contributed by atoms with Crippen LogP contribution in [0.2, 0.25) is 0 Å². The predicted octanol–water partition coefficient (Wildman–Crippen LogP) is 2.47. The number of hydrogen-bond acceptors (Lipinski definition) is 5. The third-order valence-corrected chi connectivity index (χ3v) is 3.21. The number of phenols is 1. The zero-order valence-corrected chi connectivity index (χ0v) is 13.2. The number of ether oxygens (including phenoxy) is 2. The molecule has 1 aromatic heterocycles. The second-order valence-corrected chi connectivity index (χ2v) is 4.88. The minimum atomic E-state index is -0.274. The van der Waals surface area contributed by atoms with E-state index < -0.39 is 0 Å². The van der Waals surface area contributed by atoms with Crippen LogP contribution in [0.25, 0.3) is 0 Å². The molecule has 0 spiro atoms. The largest absolute Gasteiger partial charge is 0.504 e. The van der Waals surface area contributed by atoms with Crippen molar-refractivity contribution in [1.82, 2.24) is 9.88 Å². The van der Waals surface area contributed by atoms with Gasteiger partial charge in [0, 0.05) is 19.7 Å². The van der Waals surface area contributed by atoms with E-state index in [1.807, 2.05) is 0 Å². The fourth-order valence-electron chi connectivity index (χ4n) is 1.96. The maximum Gasteiger partial charge on any atom is 0.321 e. The zero-order chi connectivity index (χ0) is 16.8. The summed E-state index contributed by atoms with van der Waals surface area (Å²) in [6.45, 7) is 0.367. The van der Waals surface area contributed by atoms with Crippen LogP contribution < -0.4 is 14.8 Å². The Balaban J connectivity index is 1.99. The lowest BCUT2D eigenvalue weighted by Crippen LogP contribution is -2.30. The molecule has 0 radical (unpaired) electrons. The number of aromatic nitrogens is 1. The van der Waals surface area contributed by atoms with Gasteiger partial charge in [0.2, 0.25) is 5.88 Å². The molecule has 0 aliphatic carbocycles. The van der Waals surface area contributed by atoms with Gasteiger partial charge >= 0.3 is 6.03 Å². The van der Waals surface area contributed by atoms with Crippen molar-refractivity contribution in [1.29, 1.82) is 0 Å². The molecule has 2 aromatic rings. The number of aromatic hydroxyl groups is 1. The molecule has 0 saturated carbocycles. The number of hydrogen-bond donors (Lipinski definition) is 2. The lowest BCUT2D eigenvalue weighted by Gasteiger charge is -2.18. The Kier molecular flexibility index (Phi) is 5.24. The van der Waals surface area contributed by atoms with Crippen molar-refractivity contribution >= 4 is 11.7 Å². The number of rotatable bonds is 5. The molecule has 122 valence electrons. The van der Waals surface area contributed by atoms with E-state index in [1.54, 1.807) is 31.3 Å². The number of nitrogens with one attached hydrogen (secondary N) is 1. The van der Waals surface area contributed by atoms with Crippen LogP contribution >= 0.6 is 0 Å². The maximum absolute atomic E-state index is 12.2. The van der Waals surface area contributed by atoms with Gasteiger partial charge in [-0.05, 0) is 23.8 Å². The number of pyridine rings is 1. The van der Waals surface area contributed by atoms with Gasteiger partial charge in [-0.3, -0.25) is 0 Å². The average molecular weight is 317 g/mol. The summed E-state index contributed by atoms with van der Waals surface area (Å²) in [5.74, 6) is 0.913.